The monoisotopic (exact) mass is 345 g/mol. The molecule has 0 bridgehead atoms. The maximum absolute atomic E-state index is 13.2. The quantitative estimate of drug-likeness (QED) is 0.904. The lowest BCUT2D eigenvalue weighted by atomic mass is 10.1. The average Bonchev–Trinajstić information content (AvgIpc) is 2.86. The Kier molecular flexibility index (Phi) is 5.12. The number of carbonyl (C=O) groups is 1. The van der Waals surface area contributed by atoms with Gasteiger partial charge in [-0.1, -0.05) is 15.9 Å². The molecular formula is C14H17BrFNO3. The Morgan fingerprint density at radius 3 is 3.00 bits per heavy atom. The number of benzene rings is 1. The number of hydrogen-bond acceptors (Lipinski definition) is 3. The molecule has 20 heavy (non-hydrogen) atoms. The number of aliphatic hydroxyl groups excluding tert-OH is 1. The van der Waals surface area contributed by atoms with E-state index in [1.807, 2.05) is 0 Å². The predicted octanol–water partition coefficient (Wildman–Crippen LogP) is 1.74. The second kappa shape index (κ2) is 6.65. The van der Waals surface area contributed by atoms with Crippen LogP contribution in [0.2, 0.25) is 0 Å². The van der Waals surface area contributed by atoms with Crippen LogP contribution in [-0.4, -0.2) is 48.3 Å². The molecular weight excluding hydrogens is 329 g/mol. The molecule has 1 amide bonds. The van der Waals surface area contributed by atoms with E-state index in [1.165, 1.54) is 12.1 Å². The highest BCUT2D eigenvalue weighted by molar-refractivity contribution is 9.10. The molecule has 1 saturated heterocycles. The highest BCUT2D eigenvalue weighted by Crippen LogP contribution is 2.23. The second-order valence-electron chi connectivity index (χ2n) is 4.89. The Morgan fingerprint density at radius 1 is 1.60 bits per heavy atom. The average molecular weight is 346 g/mol. The molecule has 2 rings (SSSR count). The molecule has 110 valence electrons. The molecule has 2 atom stereocenters. The van der Waals surface area contributed by atoms with Crippen LogP contribution in [0.5, 0.6) is 0 Å². The predicted molar refractivity (Wildman–Crippen MR) is 75.8 cm³/mol. The molecule has 1 N–H and O–H groups in total. The molecule has 1 fully saturated rings. The summed E-state index contributed by atoms with van der Waals surface area (Å²) in [6.07, 6.45) is 0.681. The van der Waals surface area contributed by atoms with Gasteiger partial charge in [-0.15, -0.1) is 0 Å². The maximum atomic E-state index is 13.2. The van der Waals surface area contributed by atoms with E-state index in [2.05, 4.69) is 15.9 Å². The first-order chi connectivity index (χ1) is 9.55. The van der Waals surface area contributed by atoms with Crippen molar-refractivity contribution < 1.29 is 19.0 Å². The lowest BCUT2D eigenvalue weighted by Crippen LogP contribution is -2.39. The van der Waals surface area contributed by atoms with Crippen molar-refractivity contribution in [1.82, 2.24) is 4.90 Å². The Balaban J connectivity index is 2.09. The Bertz CT molecular complexity index is 497. The summed E-state index contributed by atoms with van der Waals surface area (Å²) in [6.45, 7) is 0.378. The molecule has 1 heterocycles. The molecule has 0 radical (unpaired) electrons. The molecule has 1 aromatic rings. The second-order valence-corrected chi connectivity index (χ2v) is 5.74. The Labute approximate surface area is 125 Å². The number of ether oxygens (including phenoxy) is 1. The summed E-state index contributed by atoms with van der Waals surface area (Å²) in [6, 6.07) is 4.05. The number of nitrogens with zero attached hydrogens (tertiary/aromatic N) is 1. The zero-order chi connectivity index (χ0) is 14.7. The van der Waals surface area contributed by atoms with Crippen molar-refractivity contribution in [1.29, 1.82) is 0 Å². The van der Waals surface area contributed by atoms with E-state index in [1.54, 1.807) is 18.1 Å². The summed E-state index contributed by atoms with van der Waals surface area (Å²) in [7, 11) is 1.59. The molecule has 6 heteroatoms. The van der Waals surface area contributed by atoms with Gasteiger partial charge < -0.3 is 14.7 Å². The van der Waals surface area contributed by atoms with Crippen LogP contribution in [0.3, 0.4) is 0 Å². The van der Waals surface area contributed by atoms with Crippen LogP contribution in [-0.2, 0) is 16.0 Å². The van der Waals surface area contributed by atoms with Gasteiger partial charge in [-0.05, 0) is 30.2 Å². The maximum Gasteiger partial charge on any atom is 0.227 e. The first kappa shape index (κ1) is 15.4. The van der Waals surface area contributed by atoms with Gasteiger partial charge in [-0.2, -0.15) is 0 Å². The summed E-state index contributed by atoms with van der Waals surface area (Å²) >= 11 is 3.31. The van der Waals surface area contributed by atoms with Gasteiger partial charge in [-0.25, -0.2) is 4.39 Å². The van der Waals surface area contributed by atoms with E-state index in [0.717, 1.165) is 0 Å². The number of amides is 1. The van der Waals surface area contributed by atoms with Crippen molar-refractivity contribution in [3.63, 3.8) is 0 Å². The molecule has 1 aromatic carbocycles. The first-order valence-corrected chi connectivity index (χ1v) is 7.21. The Hall–Kier alpha value is -0.980. The van der Waals surface area contributed by atoms with E-state index in [-0.39, 0.29) is 36.9 Å². The summed E-state index contributed by atoms with van der Waals surface area (Å²) < 4.78 is 19.2. The molecule has 1 aliphatic rings. The molecule has 0 spiro atoms. The van der Waals surface area contributed by atoms with Gasteiger partial charge in [0.2, 0.25) is 5.91 Å². The van der Waals surface area contributed by atoms with Gasteiger partial charge in [-0.3, -0.25) is 4.79 Å². The van der Waals surface area contributed by atoms with Crippen LogP contribution in [0.25, 0.3) is 0 Å². The zero-order valence-electron chi connectivity index (χ0n) is 11.2. The topological polar surface area (TPSA) is 49.8 Å². The SMILES string of the molecule is CO[C@@H]1C[C@@H](CO)N(C(=O)Cc2cc(F)ccc2Br)C1. The van der Waals surface area contributed by atoms with E-state index in [4.69, 9.17) is 4.74 Å². The van der Waals surface area contributed by atoms with Crippen molar-refractivity contribution >= 4 is 21.8 Å². The third-order valence-corrected chi connectivity index (χ3v) is 4.36. The molecule has 0 aliphatic carbocycles. The third-order valence-electron chi connectivity index (χ3n) is 3.59. The third kappa shape index (κ3) is 3.37. The lowest BCUT2D eigenvalue weighted by Gasteiger charge is -2.23. The summed E-state index contributed by atoms with van der Waals surface area (Å²) in [5, 5.41) is 9.34. The van der Waals surface area contributed by atoms with E-state index in [0.29, 0.717) is 23.0 Å². The summed E-state index contributed by atoms with van der Waals surface area (Å²) in [5.41, 5.74) is 0.604. The van der Waals surface area contributed by atoms with Crippen LogP contribution in [0, 0.1) is 5.82 Å². The van der Waals surface area contributed by atoms with E-state index < -0.39 is 0 Å². The summed E-state index contributed by atoms with van der Waals surface area (Å²) in [5.74, 6) is -0.499. The van der Waals surface area contributed by atoms with Crippen molar-refractivity contribution in [3.05, 3.63) is 34.1 Å². The first-order valence-electron chi connectivity index (χ1n) is 6.42. The highest BCUT2D eigenvalue weighted by atomic mass is 79.9. The molecule has 0 saturated carbocycles. The normalized spacial score (nSPS) is 22.3. The standard InChI is InChI=1S/C14H17BrFNO3/c1-20-12-6-11(8-18)17(7-12)14(19)5-9-4-10(16)2-3-13(9)15/h2-4,11-12,18H,5-8H2,1H3/t11-,12+/m0/s1. The van der Waals surface area contributed by atoms with Crippen LogP contribution in [0.15, 0.2) is 22.7 Å². The van der Waals surface area contributed by atoms with Gasteiger partial charge in [0, 0.05) is 18.1 Å². The fourth-order valence-electron chi connectivity index (χ4n) is 2.47. The number of aliphatic hydroxyl groups is 1. The number of likely N-dealkylation sites (tertiary alicyclic amines) is 1. The van der Waals surface area contributed by atoms with Gasteiger partial charge in [0.1, 0.15) is 5.82 Å². The van der Waals surface area contributed by atoms with Crippen LogP contribution in [0.1, 0.15) is 12.0 Å². The molecule has 1 aliphatic heterocycles. The fourth-order valence-corrected chi connectivity index (χ4v) is 2.85. The smallest absolute Gasteiger partial charge is 0.227 e. The molecule has 0 aromatic heterocycles. The van der Waals surface area contributed by atoms with Crippen molar-refractivity contribution in [2.45, 2.75) is 25.0 Å². The van der Waals surface area contributed by atoms with Crippen molar-refractivity contribution in [2.24, 2.45) is 0 Å². The van der Waals surface area contributed by atoms with E-state index in [9.17, 15) is 14.3 Å². The minimum atomic E-state index is -0.370. The lowest BCUT2D eigenvalue weighted by molar-refractivity contribution is -0.132. The minimum absolute atomic E-state index is 0.0490. The largest absolute Gasteiger partial charge is 0.394 e. The number of carbonyl (C=O) groups excluding carboxylic acids is 1. The minimum Gasteiger partial charge on any atom is -0.394 e. The summed E-state index contributed by atoms with van der Waals surface area (Å²) in [4.78, 5) is 13.9. The van der Waals surface area contributed by atoms with Gasteiger partial charge in [0.05, 0.1) is 25.2 Å². The van der Waals surface area contributed by atoms with E-state index >= 15 is 0 Å². The van der Waals surface area contributed by atoms with Gasteiger partial charge >= 0.3 is 0 Å². The highest BCUT2D eigenvalue weighted by Gasteiger charge is 2.34. The van der Waals surface area contributed by atoms with Crippen molar-refractivity contribution in [3.8, 4) is 0 Å². The Morgan fingerprint density at radius 2 is 2.35 bits per heavy atom. The number of halogens is 2. The van der Waals surface area contributed by atoms with Gasteiger partial charge in [0.15, 0.2) is 0 Å². The zero-order valence-corrected chi connectivity index (χ0v) is 12.8. The van der Waals surface area contributed by atoms with Crippen LogP contribution >= 0.6 is 15.9 Å². The molecule has 4 nitrogen and oxygen atoms in total. The fraction of sp³-hybridized carbons (Fsp3) is 0.500. The van der Waals surface area contributed by atoms with Crippen LogP contribution < -0.4 is 0 Å². The van der Waals surface area contributed by atoms with Crippen LogP contribution in [0.4, 0.5) is 4.39 Å². The number of hydrogen-bond donors (Lipinski definition) is 1. The van der Waals surface area contributed by atoms with Gasteiger partial charge in [0.25, 0.3) is 0 Å². The van der Waals surface area contributed by atoms with Crippen molar-refractivity contribution in [2.75, 3.05) is 20.3 Å². The number of rotatable bonds is 4. The number of methoxy groups -OCH3 is 1. The molecule has 0 unspecified atom stereocenters.